The molecule has 5 nitrogen and oxygen atoms in total. The lowest BCUT2D eigenvalue weighted by Gasteiger charge is -2.19. The molecule has 0 spiro atoms. The Morgan fingerprint density at radius 3 is 2.84 bits per heavy atom. The van der Waals surface area contributed by atoms with Gasteiger partial charge in [-0.3, -0.25) is 10.1 Å². The van der Waals surface area contributed by atoms with E-state index in [0.717, 1.165) is 31.5 Å². The lowest BCUT2D eigenvalue weighted by Crippen LogP contribution is -2.21. The zero-order chi connectivity index (χ0) is 13.8. The van der Waals surface area contributed by atoms with Gasteiger partial charge in [0.2, 0.25) is 0 Å². The first-order valence-corrected chi connectivity index (χ1v) is 6.72. The summed E-state index contributed by atoms with van der Waals surface area (Å²) in [4.78, 5) is 10.5. The highest BCUT2D eigenvalue weighted by Crippen LogP contribution is 2.32. The summed E-state index contributed by atoms with van der Waals surface area (Å²) < 4.78 is 0. The van der Waals surface area contributed by atoms with Gasteiger partial charge >= 0.3 is 0 Å². The molecule has 0 radical (unpaired) electrons. The highest BCUT2D eigenvalue weighted by atomic mass is 16.6. The van der Waals surface area contributed by atoms with E-state index in [0.29, 0.717) is 17.4 Å². The van der Waals surface area contributed by atoms with Crippen LogP contribution in [0.25, 0.3) is 0 Å². The minimum Gasteiger partial charge on any atom is -0.396 e. The van der Waals surface area contributed by atoms with E-state index in [9.17, 15) is 15.2 Å². The number of nitrogens with one attached hydrogen (secondary N) is 1. The summed E-state index contributed by atoms with van der Waals surface area (Å²) in [6, 6.07) is 5.09. The van der Waals surface area contributed by atoms with Gasteiger partial charge in [-0.1, -0.05) is 12.5 Å². The van der Waals surface area contributed by atoms with E-state index in [1.54, 1.807) is 13.0 Å². The van der Waals surface area contributed by atoms with Crippen molar-refractivity contribution >= 4 is 11.4 Å². The first-order valence-electron chi connectivity index (χ1n) is 6.72. The Balaban J connectivity index is 2.03. The molecule has 0 aromatic heterocycles. The third-order valence-corrected chi connectivity index (χ3v) is 4.11. The number of nitro groups is 1. The summed E-state index contributed by atoms with van der Waals surface area (Å²) in [5.41, 5.74) is 1.64. The van der Waals surface area contributed by atoms with E-state index in [1.807, 2.05) is 6.07 Å². The molecule has 5 heteroatoms. The fourth-order valence-corrected chi connectivity index (χ4v) is 2.88. The van der Waals surface area contributed by atoms with Gasteiger partial charge in [0.25, 0.3) is 5.69 Å². The summed E-state index contributed by atoms with van der Waals surface area (Å²) in [6.07, 6.45) is 3.36. The second kappa shape index (κ2) is 6.02. The van der Waals surface area contributed by atoms with E-state index in [-0.39, 0.29) is 17.2 Å². The van der Waals surface area contributed by atoms with Crippen LogP contribution in [0.4, 0.5) is 11.4 Å². The molecule has 19 heavy (non-hydrogen) atoms. The molecule has 2 N–H and O–H groups in total. The third kappa shape index (κ3) is 3.04. The smallest absolute Gasteiger partial charge is 0.274 e. The third-order valence-electron chi connectivity index (χ3n) is 4.11. The Bertz CT molecular complexity index is 462. The quantitative estimate of drug-likeness (QED) is 0.633. The number of aliphatic hydroxyl groups excluding tert-OH is 1. The van der Waals surface area contributed by atoms with Crippen molar-refractivity contribution in [2.45, 2.75) is 26.2 Å². The minimum absolute atomic E-state index is 0.148. The summed E-state index contributed by atoms with van der Waals surface area (Å²) in [6.45, 7) is 2.77. The van der Waals surface area contributed by atoms with Crippen LogP contribution in [0.5, 0.6) is 0 Å². The van der Waals surface area contributed by atoms with Crippen molar-refractivity contribution in [3.05, 3.63) is 33.9 Å². The number of benzene rings is 1. The van der Waals surface area contributed by atoms with Crippen molar-refractivity contribution in [3.8, 4) is 0 Å². The molecule has 1 fully saturated rings. The molecule has 2 rings (SSSR count). The maximum absolute atomic E-state index is 10.9. The average molecular weight is 264 g/mol. The number of aliphatic hydroxyl groups is 1. The number of rotatable bonds is 5. The first-order chi connectivity index (χ1) is 9.13. The predicted molar refractivity (Wildman–Crippen MR) is 74.2 cm³/mol. The van der Waals surface area contributed by atoms with Crippen LogP contribution in [0.3, 0.4) is 0 Å². The Morgan fingerprint density at radius 2 is 2.16 bits per heavy atom. The van der Waals surface area contributed by atoms with E-state index >= 15 is 0 Å². The maximum Gasteiger partial charge on any atom is 0.274 e. The van der Waals surface area contributed by atoms with Gasteiger partial charge in [0.05, 0.1) is 4.92 Å². The molecule has 104 valence electrons. The minimum atomic E-state index is -0.355. The monoisotopic (exact) mass is 264 g/mol. The SMILES string of the molecule is Cc1c(NCC2CCCC2CO)cccc1[N+](=O)[O-]. The summed E-state index contributed by atoms with van der Waals surface area (Å²) in [7, 11) is 0. The van der Waals surface area contributed by atoms with Gasteiger partial charge in [-0.25, -0.2) is 0 Å². The normalized spacial score (nSPS) is 22.4. The maximum atomic E-state index is 10.9. The molecular weight excluding hydrogens is 244 g/mol. The van der Waals surface area contributed by atoms with Crippen LogP contribution in [0, 0.1) is 28.9 Å². The van der Waals surface area contributed by atoms with Gasteiger partial charge in [-0.05, 0) is 37.7 Å². The molecular formula is C14H20N2O3. The van der Waals surface area contributed by atoms with Gasteiger partial charge in [0.1, 0.15) is 0 Å². The topological polar surface area (TPSA) is 75.4 Å². The fraction of sp³-hybridized carbons (Fsp3) is 0.571. The Hall–Kier alpha value is -1.62. The van der Waals surface area contributed by atoms with E-state index in [4.69, 9.17) is 0 Å². The average Bonchev–Trinajstić information content (AvgIpc) is 2.84. The summed E-state index contributed by atoms with van der Waals surface area (Å²) >= 11 is 0. The Morgan fingerprint density at radius 1 is 1.42 bits per heavy atom. The number of nitrogens with zero attached hydrogens (tertiary/aromatic N) is 1. The largest absolute Gasteiger partial charge is 0.396 e. The molecule has 1 aliphatic carbocycles. The predicted octanol–water partition coefficient (Wildman–Crippen LogP) is 2.72. The Labute approximate surface area is 112 Å². The fourth-order valence-electron chi connectivity index (χ4n) is 2.88. The molecule has 1 saturated carbocycles. The number of hydrogen-bond donors (Lipinski definition) is 2. The van der Waals surface area contributed by atoms with Crippen LogP contribution >= 0.6 is 0 Å². The number of anilines is 1. The van der Waals surface area contributed by atoms with Crippen LogP contribution in [0.1, 0.15) is 24.8 Å². The van der Waals surface area contributed by atoms with Crippen molar-refractivity contribution in [3.63, 3.8) is 0 Å². The van der Waals surface area contributed by atoms with Crippen molar-refractivity contribution < 1.29 is 10.0 Å². The highest BCUT2D eigenvalue weighted by Gasteiger charge is 2.26. The number of hydrogen-bond acceptors (Lipinski definition) is 4. The van der Waals surface area contributed by atoms with E-state index < -0.39 is 0 Å². The zero-order valence-corrected chi connectivity index (χ0v) is 11.1. The molecule has 2 atom stereocenters. The van der Waals surface area contributed by atoms with Crippen LogP contribution in [0.2, 0.25) is 0 Å². The lowest BCUT2D eigenvalue weighted by atomic mass is 9.97. The van der Waals surface area contributed by atoms with E-state index in [2.05, 4.69) is 5.32 Å². The first kappa shape index (κ1) is 13.8. The number of nitro benzene ring substituents is 1. The Kier molecular flexibility index (Phi) is 4.37. The second-order valence-corrected chi connectivity index (χ2v) is 5.22. The van der Waals surface area contributed by atoms with Gasteiger partial charge in [0, 0.05) is 30.5 Å². The molecule has 1 aliphatic rings. The molecule has 0 aliphatic heterocycles. The van der Waals surface area contributed by atoms with Crippen molar-refractivity contribution in [2.75, 3.05) is 18.5 Å². The van der Waals surface area contributed by atoms with Gasteiger partial charge < -0.3 is 10.4 Å². The molecule has 0 amide bonds. The van der Waals surface area contributed by atoms with Crippen LogP contribution in [-0.4, -0.2) is 23.2 Å². The molecule has 1 aromatic rings. The second-order valence-electron chi connectivity index (χ2n) is 5.22. The van der Waals surface area contributed by atoms with Gasteiger partial charge in [-0.2, -0.15) is 0 Å². The molecule has 2 unspecified atom stereocenters. The van der Waals surface area contributed by atoms with Crippen molar-refractivity contribution in [1.82, 2.24) is 0 Å². The van der Waals surface area contributed by atoms with Crippen molar-refractivity contribution in [2.24, 2.45) is 11.8 Å². The van der Waals surface area contributed by atoms with Crippen LogP contribution < -0.4 is 5.32 Å². The van der Waals surface area contributed by atoms with Gasteiger partial charge in [-0.15, -0.1) is 0 Å². The van der Waals surface area contributed by atoms with Crippen LogP contribution in [-0.2, 0) is 0 Å². The van der Waals surface area contributed by atoms with Gasteiger partial charge in [0.15, 0.2) is 0 Å². The molecule has 0 bridgehead atoms. The molecule has 0 saturated heterocycles. The van der Waals surface area contributed by atoms with Crippen molar-refractivity contribution in [1.29, 1.82) is 0 Å². The summed E-state index contributed by atoms with van der Waals surface area (Å²) in [5, 5.41) is 23.5. The highest BCUT2D eigenvalue weighted by molar-refractivity contribution is 5.59. The molecule has 1 aromatic carbocycles. The zero-order valence-electron chi connectivity index (χ0n) is 11.1. The standard InChI is InChI=1S/C14H20N2O3/c1-10-13(6-3-7-14(10)16(18)19)15-8-11-4-2-5-12(11)9-17/h3,6-7,11-12,15,17H,2,4-5,8-9H2,1H3. The van der Waals surface area contributed by atoms with Crippen LogP contribution in [0.15, 0.2) is 18.2 Å². The lowest BCUT2D eigenvalue weighted by molar-refractivity contribution is -0.385. The summed E-state index contributed by atoms with van der Waals surface area (Å²) in [5.74, 6) is 0.829. The molecule has 0 heterocycles. The van der Waals surface area contributed by atoms with E-state index in [1.165, 1.54) is 6.07 Å².